The number of para-hydroxylation sites is 1. The second-order valence-corrected chi connectivity index (χ2v) is 5.51. The molecule has 1 aliphatic rings. The topological polar surface area (TPSA) is 53.0 Å². The van der Waals surface area contributed by atoms with Gasteiger partial charge in [-0.1, -0.05) is 32.0 Å². The average Bonchev–Trinajstić information content (AvgIpc) is 2.39. The van der Waals surface area contributed by atoms with Gasteiger partial charge in [0.05, 0.1) is 6.07 Å². The van der Waals surface area contributed by atoms with Crippen LogP contribution in [0.4, 0.5) is 5.69 Å². The van der Waals surface area contributed by atoms with Crippen LogP contribution < -0.4 is 10.6 Å². The van der Waals surface area contributed by atoms with E-state index < -0.39 is 5.54 Å². The fourth-order valence-electron chi connectivity index (χ4n) is 2.64. The normalized spacial score (nSPS) is 24.1. The van der Waals surface area contributed by atoms with Crippen LogP contribution in [0.25, 0.3) is 0 Å². The van der Waals surface area contributed by atoms with E-state index >= 15 is 0 Å². The van der Waals surface area contributed by atoms with Crippen LogP contribution in [0.1, 0.15) is 38.2 Å². The van der Waals surface area contributed by atoms with Gasteiger partial charge in [-0.05, 0) is 30.4 Å². The number of hydrogen-bond acceptors (Lipinski definition) is 3. The lowest BCUT2D eigenvalue weighted by Crippen LogP contribution is -2.53. The van der Waals surface area contributed by atoms with E-state index in [1.54, 1.807) is 0 Å². The highest BCUT2D eigenvalue weighted by Gasteiger charge is 2.32. The lowest BCUT2D eigenvalue weighted by molar-refractivity contribution is 0.423. The molecule has 2 rings (SSSR count). The molecular weight excluding hydrogens is 222 g/mol. The van der Waals surface area contributed by atoms with Gasteiger partial charge in [-0.15, -0.1) is 0 Å². The molecule has 1 unspecified atom stereocenters. The highest BCUT2D eigenvalue weighted by Crippen LogP contribution is 2.31. The fraction of sp³-hybridized carbons (Fsp3) is 0.533. The second-order valence-electron chi connectivity index (χ2n) is 5.51. The van der Waals surface area contributed by atoms with Crippen molar-refractivity contribution in [3.05, 3.63) is 29.8 Å². The van der Waals surface area contributed by atoms with Crippen molar-refractivity contribution >= 4 is 5.69 Å². The molecule has 0 aliphatic carbocycles. The van der Waals surface area contributed by atoms with Crippen LogP contribution in [0.3, 0.4) is 0 Å². The molecule has 1 fully saturated rings. The van der Waals surface area contributed by atoms with Crippen molar-refractivity contribution in [2.75, 3.05) is 18.0 Å². The molecule has 96 valence electrons. The van der Waals surface area contributed by atoms with Gasteiger partial charge in [0, 0.05) is 18.8 Å². The van der Waals surface area contributed by atoms with Crippen LogP contribution in [0.2, 0.25) is 0 Å². The fourth-order valence-corrected chi connectivity index (χ4v) is 2.64. The van der Waals surface area contributed by atoms with E-state index in [4.69, 9.17) is 5.73 Å². The molecule has 1 aromatic rings. The molecule has 0 radical (unpaired) electrons. The molecule has 18 heavy (non-hydrogen) atoms. The summed E-state index contributed by atoms with van der Waals surface area (Å²) >= 11 is 0. The van der Waals surface area contributed by atoms with Gasteiger partial charge < -0.3 is 10.6 Å². The molecule has 1 saturated heterocycles. The Morgan fingerprint density at radius 3 is 2.78 bits per heavy atom. The van der Waals surface area contributed by atoms with E-state index in [0.717, 1.165) is 19.4 Å². The predicted octanol–water partition coefficient (Wildman–Crippen LogP) is 2.63. The minimum atomic E-state index is -0.692. The molecule has 3 heteroatoms. The number of rotatable bonds is 2. The number of benzene rings is 1. The van der Waals surface area contributed by atoms with Gasteiger partial charge in [0.2, 0.25) is 0 Å². The summed E-state index contributed by atoms with van der Waals surface area (Å²) in [5, 5.41) is 9.19. The van der Waals surface area contributed by atoms with Crippen molar-refractivity contribution in [2.24, 2.45) is 5.73 Å². The zero-order valence-corrected chi connectivity index (χ0v) is 11.2. The third kappa shape index (κ3) is 2.49. The molecule has 1 aliphatic heterocycles. The van der Waals surface area contributed by atoms with E-state index in [9.17, 15) is 5.26 Å². The van der Waals surface area contributed by atoms with Gasteiger partial charge in [-0.3, -0.25) is 0 Å². The highest BCUT2D eigenvalue weighted by atomic mass is 15.2. The maximum absolute atomic E-state index is 9.19. The summed E-state index contributed by atoms with van der Waals surface area (Å²) in [6.45, 7) is 6.02. The molecule has 2 N–H and O–H groups in total. The molecule has 0 saturated carbocycles. The van der Waals surface area contributed by atoms with E-state index in [2.05, 4.69) is 49.1 Å². The van der Waals surface area contributed by atoms with Crippen molar-refractivity contribution in [3.8, 4) is 6.07 Å². The maximum Gasteiger partial charge on any atom is 0.121 e. The molecule has 0 aromatic heterocycles. The smallest absolute Gasteiger partial charge is 0.121 e. The molecule has 1 heterocycles. The Morgan fingerprint density at radius 2 is 2.11 bits per heavy atom. The molecule has 0 spiro atoms. The van der Waals surface area contributed by atoms with Crippen LogP contribution in [0, 0.1) is 11.3 Å². The lowest BCUT2D eigenvalue weighted by atomic mass is 9.90. The largest absolute Gasteiger partial charge is 0.368 e. The Bertz CT molecular complexity index is 461. The molecule has 1 aromatic carbocycles. The zero-order chi connectivity index (χ0) is 13.2. The minimum absolute atomic E-state index is 0.484. The van der Waals surface area contributed by atoms with E-state index in [1.165, 1.54) is 11.3 Å². The molecule has 0 bridgehead atoms. The summed E-state index contributed by atoms with van der Waals surface area (Å²) in [5.41, 5.74) is 7.98. The van der Waals surface area contributed by atoms with Gasteiger partial charge in [0.25, 0.3) is 0 Å². The van der Waals surface area contributed by atoms with E-state index in [-0.39, 0.29) is 0 Å². The quantitative estimate of drug-likeness (QED) is 0.868. The van der Waals surface area contributed by atoms with Gasteiger partial charge in [0.1, 0.15) is 5.54 Å². The Kier molecular flexibility index (Phi) is 3.58. The standard InChI is InChI=1S/C15H21N3/c1-12(2)13-6-3-4-7-14(13)18-9-5-8-15(17,10-16)11-18/h3-4,6-7,12H,5,8-9,11,17H2,1-2H3. The monoisotopic (exact) mass is 243 g/mol. The lowest BCUT2D eigenvalue weighted by Gasteiger charge is -2.38. The summed E-state index contributed by atoms with van der Waals surface area (Å²) in [6.07, 6.45) is 1.78. The molecule has 0 amide bonds. The first-order valence-electron chi connectivity index (χ1n) is 6.60. The Balaban J connectivity index is 2.29. The average molecular weight is 243 g/mol. The van der Waals surface area contributed by atoms with Crippen molar-refractivity contribution in [1.29, 1.82) is 5.26 Å². The second kappa shape index (κ2) is 4.99. The first kappa shape index (κ1) is 12.9. The van der Waals surface area contributed by atoms with Crippen LogP contribution in [0.5, 0.6) is 0 Å². The SMILES string of the molecule is CC(C)c1ccccc1N1CCCC(N)(C#N)C1. The summed E-state index contributed by atoms with van der Waals surface area (Å²) < 4.78 is 0. The first-order chi connectivity index (χ1) is 8.56. The Hall–Kier alpha value is -1.53. The van der Waals surface area contributed by atoms with E-state index in [1.807, 2.05) is 0 Å². The number of nitrogens with zero attached hydrogens (tertiary/aromatic N) is 2. The number of piperidine rings is 1. The van der Waals surface area contributed by atoms with Gasteiger partial charge in [-0.25, -0.2) is 0 Å². The number of hydrogen-bond donors (Lipinski definition) is 1. The zero-order valence-electron chi connectivity index (χ0n) is 11.2. The summed E-state index contributed by atoms with van der Waals surface area (Å²) in [5.74, 6) is 0.484. The van der Waals surface area contributed by atoms with E-state index in [0.29, 0.717) is 12.5 Å². The van der Waals surface area contributed by atoms with Gasteiger partial charge in [-0.2, -0.15) is 5.26 Å². The third-order valence-corrected chi connectivity index (χ3v) is 3.65. The Morgan fingerprint density at radius 1 is 1.39 bits per heavy atom. The van der Waals surface area contributed by atoms with Crippen molar-refractivity contribution in [2.45, 2.75) is 38.1 Å². The Labute approximate surface area is 109 Å². The third-order valence-electron chi connectivity index (χ3n) is 3.65. The van der Waals surface area contributed by atoms with Crippen molar-refractivity contribution in [1.82, 2.24) is 0 Å². The minimum Gasteiger partial charge on any atom is -0.368 e. The molecular formula is C15H21N3. The predicted molar refractivity (Wildman–Crippen MR) is 74.5 cm³/mol. The summed E-state index contributed by atoms with van der Waals surface area (Å²) in [7, 11) is 0. The number of nitrogens with two attached hydrogens (primary N) is 1. The summed E-state index contributed by atoms with van der Waals surface area (Å²) in [6, 6.07) is 10.7. The first-order valence-corrected chi connectivity index (χ1v) is 6.60. The van der Waals surface area contributed by atoms with Gasteiger partial charge in [0.15, 0.2) is 0 Å². The molecule has 3 nitrogen and oxygen atoms in total. The summed E-state index contributed by atoms with van der Waals surface area (Å²) in [4.78, 5) is 2.27. The van der Waals surface area contributed by atoms with Crippen LogP contribution in [0.15, 0.2) is 24.3 Å². The van der Waals surface area contributed by atoms with Gasteiger partial charge >= 0.3 is 0 Å². The van der Waals surface area contributed by atoms with Crippen LogP contribution >= 0.6 is 0 Å². The molecule has 1 atom stereocenters. The van der Waals surface area contributed by atoms with Crippen LogP contribution in [-0.2, 0) is 0 Å². The maximum atomic E-state index is 9.19. The number of nitriles is 1. The van der Waals surface area contributed by atoms with Crippen molar-refractivity contribution < 1.29 is 0 Å². The number of anilines is 1. The van der Waals surface area contributed by atoms with Crippen LogP contribution in [-0.4, -0.2) is 18.6 Å². The highest BCUT2D eigenvalue weighted by molar-refractivity contribution is 5.56. The van der Waals surface area contributed by atoms with Crippen molar-refractivity contribution in [3.63, 3.8) is 0 Å².